The molecule has 2 aromatic carbocycles. The van der Waals surface area contributed by atoms with E-state index in [4.69, 9.17) is 9.29 Å². The highest BCUT2D eigenvalue weighted by molar-refractivity contribution is 7.85. The van der Waals surface area contributed by atoms with Gasteiger partial charge in [0.2, 0.25) is 0 Å². The number of aryl methyl sites for hydroxylation is 1. The minimum atomic E-state index is -4.18. The van der Waals surface area contributed by atoms with Gasteiger partial charge in [0, 0.05) is 0 Å². The van der Waals surface area contributed by atoms with Crippen LogP contribution in [0.5, 0.6) is 11.5 Å². The standard InChI is InChI=1S/C20H26O4S/c1-2-3-4-5-6-7-10-17-11-8-9-12-20(17)24-18-13-15-19(16-14-18)25(21,22)23/h8-9,11-16H,2-7,10H2,1H3,(H,21,22,23). The van der Waals surface area contributed by atoms with E-state index in [0.717, 1.165) is 24.2 Å². The zero-order valence-electron chi connectivity index (χ0n) is 14.6. The van der Waals surface area contributed by atoms with E-state index < -0.39 is 10.1 Å². The van der Waals surface area contributed by atoms with Crippen LogP contribution in [0.25, 0.3) is 0 Å². The average Bonchev–Trinajstić information content (AvgIpc) is 2.59. The lowest BCUT2D eigenvalue weighted by atomic mass is 10.0. The fraction of sp³-hybridized carbons (Fsp3) is 0.400. The van der Waals surface area contributed by atoms with Crippen LogP contribution < -0.4 is 4.74 Å². The molecule has 2 aromatic rings. The van der Waals surface area contributed by atoms with Crippen molar-refractivity contribution in [1.29, 1.82) is 0 Å². The maximum Gasteiger partial charge on any atom is 0.294 e. The molecule has 1 N–H and O–H groups in total. The first-order chi connectivity index (χ1) is 12.0. The van der Waals surface area contributed by atoms with E-state index in [2.05, 4.69) is 13.0 Å². The number of para-hydroxylation sites is 1. The van der Waals surface area contributed by atoms with Crippen molar-refractivity contribution < 1.29 is 17.7 Å². The fourth-order valence-electron chi connectivity index (χ4n) is 2.71. The summed E-state index contributed by atoms with van der Waals surface area (Å²) < 4.78 is 37.1. The Hall–Kier alpha value is -1.85. The first kappa shape index (κ1) is 19.5. The van der Waals surface area contributed by atoms with E-state index in [1.807, 2.05) is 18.2 Å². The lowest BCUT2D eigenvalue weighted by Gasteiger charge is -2.11. The summed E-state index contributed by atoms with van der Waals surface area (Å²) in [5.41, 5.74) is 1.15. The fourth-order valence-corrected chi connectivity index (χ4v) is 3.19. The second-order valence-corrected chi connectivity index (χ2v) is 7.60. The van der Waals surface area contributed by atoms with Gasteiger partial charge in [0.15, 0.2) is 0 Å². The second kappa shape index (κ2) is 9.59. The van der Waals surface area contributed by atoms with Gasteiger partial charge in [0.1, 0.15) is 11.5 Å². The van der Waals surface area contributed by atoms with Crippen LogP contribution in [0.4, 0.5) is 0 Å². The molecule has 0 aliphatic heterocycles. The minimum Gasteiger partial charge on any atom is -0.457 e. The SMILES string of the molecule is CCCCCCCCc1ccccc1Oc1ccc(S(=O)(=O)O)cc1. The molecule has 0 aliphatic rings. The molecule has 5 heteroatoms. The highest BCUT2D eigenvalue weighted by atomic mass is 32.2. The van der Waals surface area contributed by atoms with Gasteiger partial charge < -0.3 is 4.74 Å². The van der Waals surface area contributed by atoms with E-state index in [-0.39, 0.29) is 4.90 Å². The van der Waals surface area contributed by atoms with E-state index in [0.29, 0.717) is 5.75 Å². The van der Waals surface area contributed by atoms with Crippen LogP contribution in [0.3, 0.4) is 0 Å². The Kier molecular flexibility index (Phi) is 7.47. The van der Waals surface area contributed by atoms with E-state index in [9.17, 15) is 8.42 Å². The minimum absolute atomic E-state index is 0.139. The van der Waals surface area contributed by atoms with Crippen molar-refractivity contribution in [3.63, 3.8) is 0 Å². The van der Waals surface area contributed by atoms with Crippen molar-refractivity contribution in [3.05, 3.63) is 54.1 Å². The maximum absolute atomic E-state index is 11.1. The van der Waals surface area contributed by atoms with Crippen LogP contribution in [0.15, 0.2) is 53.4 Å². The van der Waals surface area contributed by atoms with Crippen molar-refractivity contribution in [1.82, 2.24) is 0 Å². The molecule has 4 nitrogen and oxygen atoms in total. The molecule has 0 unspecified atom stereocenters. The number of unbranched alkanes of at least 4 members (excludes halogenated alkanes) is 5. The van der Waals surface area contributed by atoms with Crippen molar-refractivity contribution in [3.8, 4) is 11.5 Å². The summed E-state index contributed by atoms with van der Waals surface area (Å²) in [6, 6.07) is 13.7. The lowest BCUT2D eigenvalue weighted by Crippen LogP contribution is -1.97. The number of ether oxygens (including phenoxy) is 1. The van der Waals surface area contributed by atoms with Gasteiger partial charge >= 0.3 is 0 Å². The van der Waals surface area contributed by atoms with Gasteiger partial charge in [-0.2, -0.15) is 8.42 Å². The Morgan fingerprint density at radius 3 is 2.20 bits per heavy atom. The van der Waals surface area contributed by atoms with Gasteiger partial charge in [-0.25, -0.2) is 0 Å². The van der Waals surface area contributed by atoms with Crippen molar-refractivity contribution >= 4 is 10.1 Å². The first-order valence-electron chi connectivity index (χ1n) is 8.84. The molecule has 0 heterocycles. The summed E-state index contributed by atoms with van der Waals surface area (Å²) in [5, 5.41) is 0. The molecule has 0 saturated carbocycles. The van der Waals surface area contributed by atoms with Gasteiger partial charge in [0.25, 0.3) is 10.1 Å². The first-order valence-corrected chi connectivity index (χ1v) is 10.3. The number of rotatable bonds is 10. The Balaban J connectivity index is 1.96. The summed E-state index contributed by atoms with van der Waals surface area (Å²) in [7, 11) is -4.18. The third kappa shape index (κ3) is 6.52. The van der Waals surface area contributed by atoms with Gasteiger partial charge in [-0.15, -0.1) is 0 Å². The molecule has 0 saturated heterocycles. The third-order valence-electron chi connectivity index (χ3n) is 4.12. The zero-order valence-corrected chi connectivity index (χ0v) is 15.5. The molecule has 0 amide bonds. The molecule has 0 bridgehead atoms. The Bertz CT molecular complexity index is 752. The molecule has 0 aliphatic carbocycles. The maximum atomic E-state index is 11.1. The smallest absolute Gasteiger partial charge is 0.294 e. The molecule has 0 aromatic heterocycles. The summed E-state index contributed by atoms with van der Waals surface area (Å²) >= 11 is 0. The second-order valence-electron chi connectivity index (χ2n) is 6.17. The monoisotopic (exact) mass is 362 g/mol. The van der Waals surface area contributed by atoms with Crippen LogP contribution in [-0.2, 0) is 16.5 Å². The Morgan fingerprint density at radius 2 is 1.52 bits per heavy atom. The van der Waals surface area contributed by atoms with Crippen molar-refractivity contribution in [2.75, 3.05) is 0 Å². The highest BCUT2D eigenvalue weighted by Crippen LogP contribution is 2.27. The van der Waals surface area contributed by atoms with Crippen LogP contribution in [-0.4, -0.2) is 13.0 Å². The topological polar surface area (TPSA) is 63.6 Å². The number of benzene rings is 2. The predicted molar refractivity (Wildman–Crippen MR) is 99.9 cm³/mol. The van der Waals surface area contributed by atoms with E-state index in [1.54, 1.807) is 12.1 Å². The molecule has 0 spiro atoms. The summed E-state index contributed by atoms with van der Waals surface area (Å²) in [5.74, 6) is 1.33. The molecular formula is C20H26O4S. The van der Waals surface area contributed by atoms with Gasteiger partial charge in [0.05, 0.1) is 4.90 Å². The van der Waals surface area contributed by atoms with Gasteiger partial charge in [-0.1, -0.05) is 57.2 Å². The molecular weight excluding hydrogens is 336 g/mol. The lowest BCUT2D eigenvalue weighted by molar-refractivity contribution is 0.472. The summed E-state index contributed by atoms with van der Waals surface area (Å²) in [6.45, 7) is 2.22. The van der Waals surface area contributed by atoms with Crippen LogP contribution >= 0.6 is 0 Å². The van der Waals surface area contributed by atoms with Gasteiger partial charge in [-0.05, 0) is 48.7 Å². The Labute approximate surface area is 150 Å². The van der Waals surface area contributed by atoms with Crippen molar-refractivity contribution in [2.45, 2.75) is 56.8 Å². The average molecular weight is 362 g/mol. The number of hydrogen-bond acceptors (Lipinski definition) is 3. The Morgan fingerprint density at radius 1 is 0.880 bits per heavy atom. The number of hydrogen-bond donors (Lipinski definition) is 1. The molecule has 25 heavy (non-hydrogen) atoms. The van der Waals surface area contributed by atoms with Crippen LogP contribution in [0, 0.1) is 0 Å². The third-order valence-corrected chi connectivity index (χ3v) is 4.99. The summed E-state index contributed by atoms with van der Waals surface area (Å²) in [6.07, 6.45) is 8.45. The zero-order chi connectivity index (χ0) is 18.1. The van der Waals surface area contributed by atoms with E-state index >= 15 is 0 Å². The van der Waals surface area contributed by atoms with E-state index in [1.165, 1.54) is 44.2 Å². The summed E-state index contributed by atoms with van der Waals surface area (Å²) in [4.78, 5) is -0.139. The molecule has 0 radical (unpaired) electrons. The highest BCUT2D eigenvalue weighted by Gasteiger charge is 2.10. The molecule has 0 fully saturated rings. The van der Waals surface area contributed by atoms with Crippen LogP contribution in [0.2, 0.25) is 0 Å². The molecule has 2 rings (SSSR count). The normalized spacial score (nSPS) is 11.4. The molecule has 136 valence electrons. The van der Waals surface area contributed by atoms with Crippen molar-refractivity contribution in [2.24, 2.45) is 0 Å². The largest absolute Gasteiger partial charge is 0.457 e. The molecule has 0 atom stereocenters. The van der Waals surface area contributed by atoms with Crippen LogP contribution in [0.1, 0.15) is 51.0 Å². The predicted octanol–water partition coefficient (Wildman–Crippen LogP) is 5.63. The van der Waals surface area contributed by atoms with Gasteiger partial charge in [-0.3, -0.25) is 4.55 Å². The quantitative estimate of drug-likeness (QED) is 0.439.